The largest absolute Gasteiger partial charge is 0.466 e. The molecule has 1 amide bonds. The van der Waals surface area contributed by atoms with Gasteiger partial charge < -0.3 is 15.4 Å². The molecular formula is C17H25ClN2O3. The van der Waals surface area contributed by atoms with E-state index in [1.807, 2.05) is 30.3 Å². The molecular weight excluding hydrogens is 316 g/mol. The molecule has 1 aromatic carbocycles. The second-order valence-electron chi connectivity index (χ2n) is 5.65. The molecule has 1 atom stereocenters. The number of halogens is 1. The normalized spacial score (nSPS) is 16.3. The van der Waals surface area contributed by atoms with Gasteiger partial charge in [0.25, 0.3) is 0 Å². The van der Waals surface area contributed by atoms with E-state index in [0.29, 0.717) is 39.0 Å². The number of esters is 1. The predicted molar refractivity (Wildman–Crippen MR) is 91.3 cm³/mol. The fourth-order valence-corrected chi connectivity index (χ4v) is 2.79. The molecule has 2 N–H and O–H groups in total. The van der Waals surface area contributed by atoms with E-state index in [1.165, 1.54) is 0 Å². The molecule has 0 bridgehead atoms. The Labute approximate surface area is 143 Å². The van der Waals surface area contributed by atoms with Crippen LogP contribution in [0.4, 0.5) is 0 Å². The van der Waals surface area contributed by atoms with Gasteiger partial charge in [0, 0.05) is 13.1 Å². The van der Waals surface area contributed by atoms with Crippen LogP contribution >= 0.6 is 12.4 Å². The number of piperidine rings is 1. The Balaban J connectivity index is 0.00000264. The number of hydrogen-bond donors (Lipinski definition) is 1. The summed E-state index contributed by atoms with van der Waals surface area (Å²) in [6.45, 7) is 3.36. The highest BCUT2D eigenvalue weighted by atomic mass is 35.5. The summed E-state index contributed by atoms with van der Waals surface area (Å²) in [6.07, 6.45) is 1.85. The molecule has 0 radical (unpaired) electrons. The third kappa shape index (κ3) is 5.52. The first kappa shape index (κ1) is 19.5. The Bertz CT molecular complexity index is 502. The molecule has 23 heavy (non-hydrogen) atoms. The standard InChI is InChI=1S/C17H24N2O3.ClH/c1-2-22-17(21)14-8-10-19(11-9-14)16(20)15(18)12-13-6-4-3-5-7-13;/h3-7,14-15H,2,8-12,18H2,1H3;1H. The van der Waals surface area contributed by atoms with Gasteiger partial charge in [-0.05, 0) is 31.7 Å². The average Bonchev–Trinajstić information content (AvgIpc) is 2.55. The lowest BCUT2D eigenvalue weighted by molar-refractivity contribution is -0.151. The third-order valence-electron chi connectivity index (χ3n) is 4.04. The zero-order valence-corrected chi connectivity index (χ0v) is 14.3. The van der Waals surface area contributed by atoms with Crippen molar-refractivity contribution in [3.63, 3.8) is 0 Å². The molecule has 5 nitrogen and oxygen atoms in total. The monoisotopic (exact) mass is 340 g/mol. The lowest BCUT2D eigenvalue weighted by Gasteiger charge is -2.32. The summed E-state index contributed by atoms with van der Waals surface area (Å²) in [5.41, 5.74) is 7.10. The molecule has 1 saturated heterocycles. The van der Waals surface area contributed by atoms with Gasteiger partial charge >= 0.3 is 5.97 Å². The van der Waals surface area contributed by atoms with Crippen molar-refractivity contribution >= 4 is 24.3 Å². The number of rotatable bonds is 5. The zero-order valence-electron chi connectivity index (χ0n) is 13.4. The number of benzene rings is 1. The van der Waals surface area contributed by atoms with Crippen molar-refractivity contribution in [2.24, 2.45) is 11.7 Å². The Morgan fingerprint density at radius 1 is 1.26 bits per heavy atom. The summed E-state index contributed by atoms with van der Waals surface area (Å²) in [4.78, 5) is 25.9. The Morgan fingerprint density at radius 2 is 1.87 bits per heavy atom. The van der Waals surface area contributed by atoms with E-state index in [0.717, 1.165) is 5.56 Å². The van der Waals surface area contributed by atoms with E-state index in [-0.39, 0.29) is 30.2 Å². The average molecular weight is 341 g/mol. The fourth-order valence-electron chi connectivity index (χ4n) is 2.79. The Kier molecular flexibility index (Phi) is 8.06. The molecule has 1 unspecified atom stereocenters. The molecule has 1 aromatic rings. The van der Waals surface area contributed by atoms with Crippen molar-refractivity contribution < 1.29 is 14.3 Å². The number of amides is 1. The lowest BCUT2D eigenvalue weighted by Crippen LogP contribution is -2.48. The van der Waals surface area contributed by atoms with Gasteiger partial charge in [-0.15, -0.1) is 12.4 Å². The van der Waals surface area contributed by atoms with E-state index < -0.39 is 6.04 Å². The third-order valence-corrected chi connectivity index (χ3v) is 4.04. The summed E-state index contributed by atoms with van der Waals surface area (Å²) in [5.74, 6) is -0.274. The van der Waals surface area contributed by atoms with Gasteiger partial charge in [-0.1, -0.05) is 30.3 Å². The molecule has 1 aliphatic heterocycles. The maximum atomic E-state index is 12.4. The first-order chi connectivity index (χ1) is 10.6. The number of nitrogens with two attached hydrogens (primary N) is 1. The number of nitrogens with zero attached hydrogens (tertiary/aromatic N) is 1. The summed E-state index contributed by atoms with van der Waals surface area (Å²) >= 11 is 0. The summed E-state index contributed by atoms with van der Waals surface area (Å²) in [5, 5.41) is 0. The van der Waals surface area contributed by atoms with Crippen LogP contribution in [-0.2, 0) is 20.7 Å². The maximum absolute atomic E-state index is 12.4. The van der Waals surface area contributed by atoms with Gasteiger partial charge in [-0.2, -0.15) is 0 Å². The highest BCUT2D eigenvalue weighted by Gasteiger charge is 2.30. The second-order valence-corrected chi connectivity index (χ2v) is 5.65. The predicted octanol–water partition coefficient (Wildman–Crippen LogP) is 1.78. The topological polar surface area (TPSA) is 72.6 Å². The SMILES string of the molecule is CCOC(=O)C1CCN(C(=O)C(N)Cc2ccccc2)CC1.Cl. The van der Waals surface area contributed by atoms with Gasteiger partial charge in [0.05, 0.1) is 18.6 Å². The smallest absolute Gasteiger partial charge is 0.309 e. The molecule has 0 aromatic heterocycles. The van der Waals surface area contributed by atoms with Crippen molar-refractivity contribution in [3.05, 3.63) is 35.9 Å². The number of carbonyl (C=O) groups excluding carboxylic acids is 2. The van der Waals surface area contributed by atoms with Gasteiger partial charge in [-0.25, -0.2) is 0 Å². The summed E-state index contributed by atoms with van der Waals surface area (Å²) in [7, 11) is 0. The molecule has 1 heterocycles. The molecule has 6 heteroatoms. The minimum atomic E-state index is -0.526. The Morgan fingerprint density at radius 3 is 2.43 bits per heavy atom. The van der Waals surface area contributed by atoms with E-state index in [9.17, 15) is 9.59 Å². The molecule has 0 saturated carbocycles. The van der Waals surface area contributed by atoms with E-state index >= 15 is 0 Å². The van der Waals surface area contributed by atoms with Crippen LogP contribution in [0.5, 0.6) is 0 Å². The van der Waals surface area contributed by atoms with Crippen molar-refractivity contribution in [3.8, 4) is 0 Å². The van der Waals surface area contributed by atoms with E-state index in [2.05, 4.69) is 0 Å². The van der Waals surface area contributed by atoms with Crippen LogP contribution in [0.3, 0.4) is 0 Å². The van der Waals surface area contributed by atoms with Crippen LogP contribution in [0, 0.1) is 5.92 Å². The maximum Gasteiger partial charge on any atom is 0.309 e. The molecule has 0 spiro atoms. The van der Waals surface area contributed by atoms with Gasteiger partial charge in [0.1, 0.15) is 0 Å². The van der Waals surface area contributed by atoms with Crippen molar-refractivity contribution in [1.29, 1.82) is 0 Å². The minimum absolute atomic E-state index is 0. The van der Waals surface area contributed by atoms with E-state index in [1.54, 1.807) is 11.8 Å². The van der Waals surface area contributed by atoms with Crippen LogP contribution in [0.1, 0.15) is 25.3 Å². The highest BCUT2D eigenvalue weighted by Crippen LogP contribution is 2.19. The number of ether oxygens (including phenoxy) is 1. The number of carbonyl (C=O) groups is 2. The fraction of sp³-hybridized carbons (Fsp3) is 0.529. The van der Waals surface area contributed by atoms with Crippen molar-refractivity contribution in [2.45, 2.75) is 32.2 Å². The molecule has 0 aliphatic carbocycles. The first-order valence-electron chi connectivity index (χ1n) is 7.86. The molecule has 1 aliphatic rings. The first-order valence-corrected chi connectivity index (χ1v) is 7.86. The minimum Gasteiger partial charge on any atom is -0.466 e. The molecule has 1 fully saturated rings. The quantitative estimate of drug-likeness (QED) is 0.829. The number of hydrogen-bond acceptors (Lipinski definition) is 4. The van der Waals surface area contributed by atoms with Gasteiger partial charge in [0.2, 0.25) is 5.91 Å². The zero-order chi connectivity index (χ0) is 15.9. The second kappa shape index (κ2) is 9.53. The van der Waals surface area contributed by atoms with Crippen molar-refractivity contribution in [2.75, 3.05) is 19.7 Å². The lowest BCUT2D eigenvalue weighted by atomic mass is 9.96. The molecule has 128 valence electrons. The highest BCUT2D eigenvalue weighted by molar-refractivity contribution is 5.85. The Hall–Kier alpha value is -1.59. The van der Waals surface area contributed by atoms with Gasteiger partial charge in [0.15, 0.2) is 0 Å². The van der Waals surface area contributed by atoms with E-state index in [4.69, 9.17) is 10.5 Å². The molecule has 2 rings (SSSR count). The van der Waals surface area contributed by atoms with Crippen LogP contribution in [0.2, 0.25) is 0 Å². The van der Waals surface area contributed by atoms with Crippen LogP contribution in [0.25, 0.3) is 0 Å². The van der Waals surface area contributed by atoms with Gasteiger partial charge in [-0.3, -0.25) is 9.59 Å². The van der Waals surface area contributed by atoms with Crippen molar-refractivity contribution in [1.82, 2.24) is 4.90 Å². The van der Waals surface area contributed by atoms with Crippen LogP contribution < -0.4 is 5.73 Å². The van der Waals surface area contributed by atoms with Crippen LogP contribution in [-0.4, -0.2) is 42.5 Å². The van der Waals surface area contributed by atoms with Crippen LogP contribution in [0.15, 0.2) is 30.3 Å². The number of likely N-dealkylation sites (tertiary alicyclic amines) is 1. The summed E-state index contributed by atoms with van der Waals surface area (Å²) < 4.78 is 5.04. The summed E-state index contributed by atoms with van der Waals surface area (Å²) in [6, 6.07) is 9.24.